The minimum Gasteiger partial charge on any atom is -0.290 e. The molecule has 0 bridgehead atoms. The highest BCUT2D eigenvalue weighted by molar-refractivity contribution is 7.98. The number of aryl methyl sites for hydroxylation is 3. The zero-order valence-electron chi connectivity index (χ0n) is 13.5. The number of hydrogen-bond acceptors (Lipinski definition) is 7. The van der Waals surface area contributed by atoms with Gasteiger partial charge in [-0.2, -0.15) is 0 Å². The molecular formula is C14H18N6OS2. The minimum absolute atomic E-state index is 0.00694. The van der Waals surface area contributed by atoms with Gasteiger partial charge in [0.2, 0.25) is 0 Å². The van der Waals surface area contributed by atoms with Gasteiger partial charge in [-0.05, 0) is 36.3 Å². The summed E-state index contributed by atoms with van der Waals surface area (Å²) in [5.74, 6) is 1.38. The Balaban J connectivity index is 1.93. The van der Waals surface area contributed by atoms with Crippen LogP contribution in [-0.4, -0.2) is 29.8 Å². The standard InChI is InChI=1S/C14H18N6OS2/c1-5-6-20-10(16-17-18-20)7-22-14-15-12-11(13(21)19(14)4)8(2)9(3)23-12/h5-7H2,1-4H3. The lowest BCUT2D eigenvalue weighted by atomic mass is 10.2. The summed E-state index contributed by atoms with van der Waals surface area (Å²) < 4.78 is 3.41. The molecule has 0 radical (unpaired) electrons. The number of thiophene rings is 1. The van der Waals surface area contributed by atoms with Gasteiger partial charge < -0.3 is 0 Å². The average molecular weight is 350 g/mol. The molecule has 0 saturated heterocycles. The Bertz CT molecular complexity index is 910. The van der Waals surface area contributed by atoms with Gasteiger partial charge in [0.1, 0.15) is 4.83 Å². The van der Waals surface area contributed by atoms with Gasteiger partial charge in [0.25, 0.3) is 5.56 Å². The highest BCUT2D eigenvalue weighted by Crippen LogP contribution is 2.28. The van der Waals surface area contributed by atoms with Crippen LogP contribution in [0, 0.1) is 13.8 Å². The highest BCUT2D eigenvalue weighted by atomic mass is 32.2. The van der Waals surface area contributed by atoms with Crippen LogP contribution < -0.4 is 5.56 Å². The van der Waals surface area contributed by atoms with E-state index in [1.807, 2.05) is 13.8 Å². The molecule has 3 aromatic heterocycles. The van der Waals surface area contributed by atoms with Crippen LogP contribution in [0.3, 0.4) is 0 Å². The molecule has 0 fully saturated rings. The summed E-state index contributed by atoms with van der Waals surface area (Å²) >= 11 is 3.05. The molecule has 0 amide bonds. The van der Waals surface area contributed by atoms with Crippen molar-refractivity contribution in [1.29, 1.82) is 0 Å². The van der Waals surface area contributed by atoms with E-state index in [9.17, 15) is 4.79 Å². The second-order valence-electron chi connectivity index (χ2n) is 5.33. The van der Waals surface area contributed by atoms with Crippen LogP contribution in [0.4, 0.5) is 0 Å². The molecule has 0 aromatic carbocycles. The predicted molar refractivity (Wildman–Crippen MR) is 92.0 cm³/mol. The van der Waals surface area contributed by atoms with Gasteiger partial charge in [0.05, 0.1) is 11.1 Å². The van der Waals surface area contributed by atoms with Crippen LogP contribution in [0.15, 0.2) is 9.95 Å². The summed E-state index contributed by atoms with van der Waals surface area (Å²) in [7, 11) is 1.76. The molecule has 3 rings (SSSR count). The second kappa shape index (κ2) is 6.40. The fourth-order valence-electron chi connectivity index (χ4n) is 2.33. The van der Waals surface area contributed by atoms with Crippen molar-refractivity contribution < 1.29 is 0 Å². The third-order valence-corrected chi connectivity index (χ3v) is 5.87. The van der Waals surface area contributed by atoms with Gasteiger partial charge >= 0.3 is 0 Å². The summed E-state index contributed by atoms with van der Waals surface area (Å²) in [6.07, 6.45) is 0.971. The SMILES string of the molecule is CCCn1nnnc1CSc1nc2sc(C)c(C)c2c(=O)n1C. The van der Waals surface area contributed by atoms with E-state index in [1.165, 1.54) is 11.8 Å². The summed E-state index contributed by atoms with van der Waals surface area (Å²) in [6.45, 7) is 6.87. The zero-order chi connectivity index (χ0) is 16.6. The van der Waals surface area contributed by atoms with Crippen LogP contribution in [0.2, 0.25) is 0 Å². The van der Waals surface area contributed by atoms with E-state index in [1.54, 1.807) is 27.6 Å². The van der Waals surface area contributed by atoms with Crippen molar-refractivity contribution in [3.63, 3.8) is 0 Å². The highest BCUT2D eigenvalue weighted by Gasteiger charge is 2.16. The van der Waals surface area contributed by atoms with Gasteiger partial charge in [-0.25, -0.2) is 9.67 Å². The van der Waals surface area contributed by atoms with Gasteiger partial charge in [-0.3, -0.25) is 9.36 Å². The molecule has 0 N–H and O–H groups in total. The first-order valence-electron chi connectivity index (χ1n) is 7.37. The van der Waals surface area contributed by atoms with Crippen molar-refractivity contribution in [2.75, 3.05) is 0 Å². The molecule has 23 heavy (non-hydrogen) atoms. The van der Waals surface area contributed by atoms with Gasteiger partial charge in [0, 0.05) is 18.5 Å². The average Bonchev–Trinajstić information content (AvgIpc) is 3.07. The molecule has 0 unspecified atom stereocenters. The maximum atomic E-state index is 12.6. The third-order valence-electron chi connectivity index (χ3n) is 3.74. The van der Waals surface area contributed by atoms with E-state index in [4.69, 9.17) is 0 Å². The van der Waals surface area contributed by atoms with Crippen molar-refractivity contribution in [2.24, 2.45) is 7.05 Å². The van der Waals surface area contributed by atoms with Gasteiger partial charge in [-0.1, -0.05) is 18.7 Å². The Hall–Kier alpha value is -1.74. The van der Waals surface area contributed by atoms with E-state index in [0.717, 1.165) is 39.4 Å². The maximum Gasteiger partial charge on any atom is 0.262 e. The first-order chi connectivity index (χ1) is 11.0. The Morgan fingerprint density at radius 1 is 1.30 bits per heavy atom. The molecule has 0 saturated carbocycles. The number of aromatic nitrogens is 6. The molecule has 0 aliphatic heterocycles. The summed E-state index contributed by atoms with van der Waals surface area (Å²) in [6, 6.07) is 0. The van der Waals surface area contributed by atoms with Crippen LogP contribution in [-0.2, 0) is 19.3 Å². The van der Waals surface area contributed by atoms with E-state index in [0.29, 0.717) is 10.9 Å². The zero-order valence-corrected chi connectivity index (χ0v) is 15.2. The Labute approximate surface area is 141 Å². The molecule has 0 spiro atoms. The van der Waals surface area contributed by atoms with E-state index in [-0.39, 0.29) is 5.56 Å². The lowest BCUT2D eigenvalue weighted by molar-refractivity contribution is 0.564. The molecule has 3 aromatic rings. The van der Waals surface area contributed by atoms with Gasteiger partial charge in [0.15, 0.2) is 11.0 Å². The summed E-state index contributed by atoms with van der Waals surface area (Å²) in [4.78, 5) is 19.2. The largest absolute Gasteiger partial charge is 0.290 e. The molecule has 122 valence electrons. The van der Waals surface area contributed by atoms with Crippen LogP contribution in [0.1, 0.15) is 29.6 Å². The molecule has 0 aliphatic rings. The number of tetrazole rings is 1. The van der Waals surface area contributed by atoms with Crippen molar-refractivity contribution in [3.05, 3.63) is 26.6 Å². The lowest BCUT2D eigenvalue weighted by Crippen LogP contribution is -2.20. The monoisotopic (exact) mass is 350 g/mol. The smallest absolute Gasteiger partial charge is 0.262 e. The molecular weight excluding hydrogens is 332 g/mol. The molecule has 7 nitrogen and oxygen atoms in total. The number of fused-ring (bicyclic) bond motifs is 1. The van der Waals surface area contributed by atoms with E-state index >= 15 is 0 Å². The third kappa shape index (κ3) is 2.90. The second-order valence-corrected chi connectivity index (χ2v) is 7.47. The summed E-state index contributed by atoms with van der Waals surface area (Å²) in [5, 5.41) is 13.2. The first kappa shape index (κ1) is 16.1. The normalized spacial score (nSPS) is 11.5. The van der Waals surface area contributed by atoms with Crippen molar-refractivity contribution in [2.45, 2.75) is 44.6 Å². The topological polar surface area (TPSA) is 78.5 Å². The van der Waals surface area contributed by atoms with Crippen LogP contribution >= 0.6 is 23.1 Å². The quantitative estimate of drug-likeness (QED) is 0.519. The Kier molecular flexibility index (Phi) is 4.49. The fourth-order valence-corrected chi connectivity index (χ4v) is 4.30. The Morgan fingerprint density at radius 3 is 2.83 bits per heavy atom. The fraction of sp³-hybridized carbons (Fsp3) is 0.500. The van der Waals surface area contributed by atoms with Crippen molar-refractivity contribution >= 4 is 33.3 Å². The van der Waals surface area contributed by atoms with Crippen LogP contribution in [0.5, 0.6) is 0 Å². The molecule has 0 aliphatic carbocycles. The van der Waals surface area contributed by atoms with E-state index in [2.05, 4.69) is 27.4 Å². The van der Waals surface area contributed by atoms with Gasteiger partial charge in [-0.15, -0.1) is 16.4 Å². The predicted octanol–water partition coefficient (Wildman–Crippen LogP) is 2.30. The number of nitrogens with zero attached hydrogens (tertiary/aromatic N) is 6. The van der Waals surface area contributed by atoms with E-state index < -0.39 is 0 Å². The summed E-state index contributed by atoms with van der Waals surface area (Å²) in [5.41, 5.74) is 1.04. The van der Waals surface area contributed by atoms with Crippen molar-refractivity contribution in [3.8, 4) is 0 Å². The lowest BCUT2D eigenvalue weighted by Gasteiger charge is -2.07. The maximum absolute atomic E-state index is 12.6. The van der Waals surface area contributed by atoms with Crippen molar-refractivity contribution in [1.82, 2.24) is 29.8 Å². The number of rotatable bonds is 5. The number of hydrogen-bond donors (Lipinski definition) is 0. The molecule has 0 atom stereocenters. The number of thioether (sulfide) groups is 1. The molecule has 3 heterocycles. The molecule has 9 heteroatoms. The van der Waals surface area contributed by atoms with Crippen LogP contribution in [0.25, 0.3) is 10.2 Å². The minimum atomic E-state index is 0.00694. The first-order valence-corrected chi connectivity index (χ1v) is 9.17. The Morgan fingerprint density at radius 2 is 2.09 bits per heavy atom.